The number of aryl methyl sites for hydroxylation is 1. The van der Waals surface area contributed by atoms with Gasteiger partial charge in [-0.2, -0.15) is 5.26 Å². The van der Waals surface area contributed by atoms with Crippen molar-refractivity contribution in [2.24, 2.45) is 0 Å². The lowest BCUT2D eigenvalue weighted by atomic mass is 10.1. The van der Waals surface area contributed by atoms with Gasteiger partial charge in [0.05, 0.1) is 28.2 Å². The Morgan fingerprint density at radius 3 is 2.54 bits per heavy atom. The summed E-state index contributed by atoms with van der Waals surface area (Å²) in [7, 11) is 0. The molecule has 0 atom stereocenters. The van der Waals surface area contributed by atoms with Crippen molar-refractivity contribution in [3.8, 4) is 11.8 Å². The van der Waals surface area contributed by atoms with Gasteiger partial charge in [0, 0.05) is 5.75 Å². The Kier molecular flexibility index (Phi) is 4.96. The third kappa shape index (κ3) is 3.30. The quantitative estimate of drug-likeness (QED) is 0.373. The molecule has 0 saturated heterocycles. The fraction of sp³-hybridized carbons (Fsp3) is 0.0870. The molecule has 0 saturated carbocycles. The Morgan fingerprint density at radius 2 is 1.71 bits per heavy atom. The topological polar surface area (TPSA) is 58.7 Å². The third-order valence-electron chi connectivity index (χ3n) is 4.60. The van der Waals surface area contributed by atoms with Crippen molar-refractivity contribution in [3.05, 3.63) is 99.8 Å². The average Bonchev–Trinajstić information content (AvgIpc) is 2.73. The fourth-order valence-corrected chi connectivity index (χ4v) is 4.14. The van der Waals surface area contributed by atoms with Gasteiger partial charge in [-0.25, -0.2) is 4.98 Å². The van der Waals surface area contributed by atoms with Crippen LogP contribution in [-0.4, -0.2) is 9.55 Å². The number of thioether (sulfide) groups is 1. The highest BCUT2D eigenvalue weighted by atomic mass is 32.2. The van der Waals surface area contributed by atoms with Crippen LogP contribution < -0.4 is 5.56 Å². The van der Waals surface area contributed by atoms with Gasteiger partial charge in [-0.05, 0) is 42.3 Å². The Morgan fingerprint density at radius 1 is 1.00 bits per heavy atom. The van der Waals surface area contributed by atoms with Gasteiger partial charge in [-0.3, -0.25) is 9.36 Å². The smallest absolute Gasteiger partial charge is 0.266 e. The SMILES string of the molecule is Cc1ccccc1-n1c(SCc2ccccc2C#N)nc2ccccc2c1=O. The second-order valence-corrected chi connectivity index (χ2v) is 7.34. The number of nitrogens with zero attached hydrogens (tertiary/aromatic N) is 3. The maximum Gasteiger partial charge on any atom is 0.266 e. The number of fused-ring (bicyclic) bond motifs is 1. The average molecular weight is 383 g/mol. The van der Waals surface area contributed by atoms with E-state index in [0.29, 0.717) is 27.4 Å². The van der Waals surface area contributed by atoms with E-state index < -0.39 is 0 Å². The van der Waals surface area contributed by atoms with Gasteiger partial charge in [0.25, 0.3) is 5.56 Å². The normalized spacial score (nSPS) is 10.7. The lowest BCUT2D eigenvalue weighted by molar-refractivity contribution is 0.814. The number of hydrogen-bond donors (Lipinski definition) is 0. The minimum Gasteiger partial charge on any atom is -0.268 e. The lowest BCUT2D eigenvalue weighted by Crippen LogP contribution is -2.22. The minimum absolute atomic E-state index is 0.0871. The molecule has 0 aliphatic rings. The molecular weight excluding hydrogens is 366 g/mol. The van der Waals surface area contributed by atoms with Crippen molar-refractivity contribution in [2.45, 2.75) is 17.8 Å². The molecule has 0 amide bonds. The Bertz CT molecular complexity index is 1270. The maximum atomic E-state index is 13.3. The molecule has 4 aromatic rings. The summed E-state index contributed by atoms with van der Waals surface area (Å²) in [5.74, 6) is 0.556. The van der Waals surface area contributed by atoms with Crippen molar-refractivity contribution in [3.63, 3.8) is 0 Å². The monoisotopic (exact) mass is 383 g/mol. The van der Waals surface area contributed by atoms with Crippen LogP contribution in [0.4, 0.5) is 0 Å². The van der Waals surface area contributed by atoms with Crippen LogP contribution in [0.1, 0.15) is 16.7 Å². The third-order valence-corrected chi connectivity index (χ3v) is 5.58. The van der Waals surface area contributed by atoms with E-state index in [4.69, 9.17) is 4.98 Å². The van der Waals surface area contributed by atoms with Crippen LogP contribution in [0.2, 0.25) is 0 Å². The van der Waals surface area contributed by atoms with E-state index in [2.05, 4.69) is 6.07 Å². The van der Waals surface area contributed by atoms with Gasteiger partial charge < -0.3 is 0 Å². The molecule has 136 valence electrons. The first-order chi connectivity index (χ1) is 13.7. The van der Waals surface area contributed by atoms with Crippen LogP contribution in [0.25, 0.3) is 16.6 Å². The number of rotatable bonds is 4. The fourth-order valence-electron chi connectivity index (χ4n) is 3.13. The van der Waals surface area contributed by atoms with Gasteiger partial charge in [0.1, 0.15) is 0 Å². The standard InChI is InChI=1S/C23H17N3OS/c1-16-8-2-7-13-21(16)26-22(27)19-11-5-6-12-20(19)25-23(26)28-15-18-10-4-3-9-17(18)14-24/h2-13H,15H2,1H3. The summed E-state index contributed by atoms with van der Waals surface area (Å²) in [5, 5.41) is 10.5. The zero-order valence-electron chi connectivity index (χ0n) is 15.3. The molecule has 1 aromatic heterocycles. The van der Waals surface area contributed by atoms with E-state index in [1.54, 1.807) is 16.7 Å². The van der Waals surface area contributed by atoms with E-state index >= 15 is 0 Å². The molecule has 0 bridgehead atoms. The van der Waals surface area contributed by atoms with E-state index in [1.807, 2.05) is 67.6 Å². The summed E-state index contributed by atoms with van der Waals surface area (Å²) in [6.07, 6.45) is 0. The highest BCUT2D eigenvalue weighted by molar-refractivity contribution is 7.98. The molecule has 0 unspecified atom stereocenters. The van der Waals surface area contributed by atoms with E-state index in [1.165, 1.54) is 11.8 Å². The van der Waals surface area contributed by atoms with Gasteiger partial charge in [0.2, 0.25) is 0 Å². The molecule has 0 radical (unpaired) electrons. The van der Waals surface area contributed by atoms with Gasteiger partial charge >= 0.3 is 0 Å². The van der Waals surface area contributed by atoms with E-state index in [9.17, 15) is 10.1 Å². The molecular formula is C23H17N3OS. The number of aromatic nitrogens is 2. The number of benzene rings is 3. The van der Waals surface area contributed by atoms with E-state index in [-0.39, 0.29) is 5.56 Å². The van der Waals surface area contributed by atoms with Crippen LogP contribution in [0.15, 0.2) is 82.7 Å². The second kappa shape index (κ2) is 7.71. The Hall–Kier alpha value is -3.36. The van der Waals surface area contributed by atoms with Crippen LogP contribution in [-0.2, 0) is 5.75 Å². The van der Waals surface area contributed by atoms with Gasteiger partial charge in [0.15, 0.2) is 5.16 Å². The molecule has 3 aromatic carbocycles. The molecule has 0 spiro atoms. The van der Waals surface area contributed by atoms with Crippen LogP contribution in [0.5, 0.6) is 0 Å². The summed E-state index contributed by atoms with van der Waals surface area (Å²) >= 11 is 1.46. The molecule has 0 fully saturated rings. The summed E-state index contributed by atoms with van der Waals surface area (Å²) in [4.78, 5) is 18.1. The largest absolute Gasteiger partial charge is 0.268 e. The van der Waals surface area contributed by atoms with Crippen LogP contribution in [0, 0.1) is 18.3 Å². The molecule has 28 heavy (non-hydrogen) atoms. The van der Waals surface area contributed by atoms with Crippen molar-refractivity contribution in [1.82, 2.24) is 9.55 Å². The summed E-state index contributed by atoms with van der Waals surface area (Å²) in [5.41, 5.74) is 3.97. The highest BCUT2D eigenvalue weighted by Crippen LogP contribution is 2.26. The first-order valence-electron chi connectivity index (χ1n) is 8.87. The maximum absolute atomic E-state index is 13.3. The first kappa shape index (κ1) is 18.0. The summed E-state index contributed by atoms with van der Waals surface area (Å²) in [6.45, 7) is 1.98. The number of para-hydroxylation sites is 2. The molecule has 1 heterocycles. The second-order valence-electron chi connectivity index (χ2n) is 6.40. The van der Waals surface area contributed by atoms with Crippen molar-refractivity contribution in [2.75, 3.05) is 0 Å². The summed E-state index contributed by atoms with van der Waals surface area (Å²) in [6, 6.07) is 24.9. The van der Waals surface area contributed by atoms with Crippen molar-refractivity contribution in [1.29, 1.82) is 5.26 Å². The molecule has 4 nitrogen and oxygen atoms in total. The van der Waals surface area contributed by atoms with Crippen LogP contribution in [0.3, 0.4) is 0 Å². The zero-order chi connectivity index (χ0) is 19.5. The minimum atomic E-state index is -0.0871. The van der Waals surface area contributed by atoms with Crippen molar-refractivity contribution < 1.29 is 0 Å². The van der Waals surface area contributed by atoms with Gasteiger partial charge in [-0.15, -0.1) is 0 Å². The molecule has 0 aliphatic heterocycles. The van der Waals surface area contributed by atoms with Gasteiger partial charge in [-0.1, -0.05) is 60.3 Å². The predicted molar refractivity (Wildman–Crippen MR) is 113 cm³/mol. The molecule has 5 heteroatoms. The van der Waals surface area contributed by atoms with Crippen LogP contribution >= 0.6 is 11.8 Å². The highest BCUT2D eigenvalue weighted by Gasteiger charge is 2.15. The number of hydrogen-bond acceptors (Lipinski definition) is 4. The predicted octanol–water partition coefficient (Wildman–Crippen LogP) is 4.86. The Balaban J connectivity index is 1.87. The summed E-state index contributed by atoms with van der Waals surface area (Å²) < 4.78 is 1.68. The van der Waals surface area contributed by atoms with Crippen molar-refractivity contribution >= 4 is 22.7 Å². The first-order valence-corrected chi connectivity index (χ1v) is 9.86. The zero-order valence-corrected chi connectivity index (χ0v) is 16.1. The molecule has 0 N–H and O–H groups in total. The molecule has 0 aliphatic carbocycles. The van der Waals surface area contributed by atoms with E-state index in [0.717, 1.165) is 16.8 Å². The molecule has 4 rings (SSSR count). The Labute approximate surface area is 167 Å². The lowest BCUT2D eigenvalue weighted by Gasteiger charge is -2.15. The number of nitriles is 1.